The van der Waals surface area contributed by atoms with Gasteiger partial charge in [-0.1, -0.05) is 0 Å². The van der Waals surface area contributed by atoms with E-state index in [0.29, 0.717) is 6.54 Å². The van der Waals surface area contributed by atoms with Crippen LogP contribution in [0, 0.1) is 12.7 Å². The lowest BCUT2D eigenvalue weighted by Crippen LogP contribution is -2.25. The van der Waals surface area contributed by atoms with Gasteiger partial charge in [0.2, 0.25) is 0 Å². The van der Waals surface area contributed by atoms with E-state index in [4.69, 9.17) is 4.74 Å². The van der Waals surface area contributed by atoms with Crippen molar-refractivity contribution in [2.75, 3.05) is 13.7 Å². The highest BCUT2D eigenvalue weighted by Crippen LogP contribution is 2.32. The molecule has 2 aromatic heterocycles. The van der Waals surface area contributed by atoms with Crippen LogP contribution in [0.1, 0.15) is 29.7 Å². The van der Waals surface area contributed by atoms with Gasteiger partial charge >= 0.3 is 0 Å². The predicted octanol–water partition coefficient (Wildman–Crippen LogP) is 1.61. The molecule has 0 saturated carbocycles. The molecule has 7 heteroatoms. The number of nitrogens with zero attached hydrogens (tertiary/aromatic N) is 4. The van der Waals surface area contributed by atoms with Crippen molar-refractivity contribution in [2.45, 2.75) is 32.0 Å². The number of likely N-dealkylation sites (tertiary alicyclic amines) is 1. The van der Waals surface area contributed by atoms with Gasteiger partial charge in [-0.3, -0.25) is 15.0 Å². The molecular weight excluding hydrogens is 273 g/mol. The Bertz CT molecular complexity index is 617. The summed E-state index contributed by atoms with van der Waals surface area (Å²) >= 11 is 0. The maximum Gasteiger partial charge on any atom is 0.167 e. The lowest BCUT2D eigenvalue weighted by atomic mass is 10.2. The van der Waals surface area contributed by atoms with Gasteiger partial charge in [0.05, 0.1) is 18.3 Å². The van der Waals surface area contributed by atoms with E-state index in [2.05, 4.69) is 25.1 Å². The van der Waals surface area contributed by atoms with E-state index in [1.54, 1.807) is 13.3 Å². The Morgan fingerprint density at radius 3 is 3.00 bits per heavy atom. The molecule has 1 fully saturated rings. The third-order valence-corrected chi connectivity index (χ3v) is 3.76. The fraction of sp³-hybridized carbons (Fsp3) is 0.500. The number of nitrogens with one attached hydrogen (secondary N) is 1. The summed E-state index contributed by atoms with van der Waals surface area (Å²) in [4.78, 5) is 10.5. The van der Waals surface area contributed by atoms with Gasteiger partial charge in [-0.05, 0) is 25.0 Å². The summed E-state index contributed by atoms with van der Waals surface area (Å²) < 4.78 is 18.7. The second kappa shape index (κ2) is 5.87. The summed E-state index contributed by atoms with van der Waals surface area (Å²) in [5, 5.41) is 7.12. The van der Waals surface area contributed by atoms with Crippen LogP contribution >= 0.6 is 0 Å². The Morgan fingerprint density at radius 1 is 1.48 bits per heavy atom. The molecule has 1 N–H and O–H groups in total. The molecule has 3 heterocycles. The van der Waals surface area contributed by atoms with Crippen LogP contribution in [0.3, 0.4) is 0 Å². The van der Waals surface area contributed by atoms with Crippen molar-refractivity contribution in [3.63, 3.8) is 0 Å². The van der Waals surface area contributed by atoms with E-state index < -0.39 is 0 Å². The third kappa shape index (κ3) is 3.08. The number of halogens is 1. The number of H-pyrrole nitrogens is 1. The smallest absolute Gasteiger partial charge is 0.167 e. The van der Waals surface area contributed by atoms with Crippen LogP contribution < -0.4 is 0 Å². The molecule has 0 radical (unpaired) electrons. The molecule has 0 aliphatic carbocycles. The lowest BCUT2D eigenvalue weighted by molar-refractivity contribution is 0.107. The SMILES string of the molecule is CO[C@@H]1C[C@@H](c2n[nH]c(C)n2)N(Cc2cncc(F)c2)C1. The average molecular weight is 291 g/mol. The predicted molar refractivity (Wildman–Crippen MR) is 73.9 cm³/mol. The average Bonchev–Trinajstić information content (AvgIpc) is 3.05. The summed E-state index contributed by atoms with van der Waals surface area (Å²) in [6, 6.07) is 1.58. The Labute approximate surface area is 122 Å². The molecule has 0 unspecified atom stereocenters. The van der Waals surface area contributed by atoms with Gasteiger partial charge in [0.25, 0.3) is 0 Å². The van der Waals surface area contributed by atoms with Gasteiger partial charge in [0.15, 0.2) is 5.82 Å². The van der Waals surface area contributed by atoms with Crippen LogP contribution in [0.2, 0.25) is 0 Å². The standard InChI is InChI=1S/C14H18FN5O/c1-9-17-14(19-18-9)13-4-12(21-2)8-20(13)7-10-3-11(15)6-16-5-10/h3,5-6,12-13H,4,7-8H2,1-2H3,(H,17,18,19)/t12-,13+/m1/s1. The quantitative estimate of drug-likeness (QED) is 0.927. The van der Waals surface area contributed by atoms with Crippen molar-refractivity contribution in [2.24, 2.45) is 0 Å². The maximum atomic E-state index is 13.3. The number of aromatic nitrogens is 4. The van der Waals surface area contributed by atoms with E-state index in [1.807, 2.05) is 6.92 Å². The molecule has 6 nitrogen and oxygen atoms in total. The third-order valence-electron chi connectivity index (χ3n) is 3.76. The zero-order chi connectivity index (χ0) is 14.8. The number of ether oxygens (including phenoxy) is 1. The molecule has 1 aliphatic rings. The van der Waals surface area contributed by atoms with Gasteiger partial charge in [0.1, 0.15) is 11.6 Å². The number of pyridine rings is 1. The molecule has 0 bridgehead atoms. The summed E-state index contributed by atoms with van der Waals surface area (Å²) in [7, 11) is 1.71. The highest BCUT2D eigenvalue weighted by Gasteiger charge is 2.35. The Hall–Kier alpha value is -1.86. The fourth-order valence-electron chi connectivity index (χ4n) is 2.76. The monoisotopic (exact) mass is 291 g/mol. The highest BCUT2D eigenvalue weighted by molar-refractivity contribution is 5.12. The minimum atomic E-state index is -0.319. The van der Waals surface area contributed by atoms with Crippen LogP contribution in [-0.2, 0) is 11.3 Å². The van der Waals surface area contributed by atoms with Crippen LogP contribution in [0.25, 0.3) is 0 Å². The second-order valence-corrected chi connectivity index (χ2v) is 5.33. The molecule has 0 aromatic carbocycles. The lowest BCUT2D eigenvalue weighted by Gasteiger charge is -2.21. The first-order chi connectivity index (χ1) is 10.2. The number of hydrogen-bond acceptors (Lipinski definition) is 5. The normalized spacial score (nSPS) is 22.8. The van der Waals surface area contributed by atoms with Crippen LogP contribution in [-0.4, -0.2) is 44.8 Å². The van der Waals surface area contributed by atoms with Crippen molar-refractivity contribution in [3.8, 4) is 0 Å². The number of aryl methyl sites for hydroxylation is 1. The topological polar surface area (TPSA) is 66.9 Å². The molecular formula is C14H18FN5O. The number of hydrogen-bond donors (Lipinski definition) is 1. The largest absolute Gasteiger partial charge is 0.380 e. The molecule has 0 amide bonds. The van der Waals surface area contributed by atoms with Crippen LogP contribution in [0.4, 0.5) is 4.39 Å². The maximum absolute atomic E-state index is 13.3. The molecule has 1 aliphatic heterocycles. The van der Waals surface area contributed by atoms with Gasteiger partial charge in [-0.25, -0.2) is 9.37 Å². The summed E-state index contributed by atoms with van der Waals surface area (Å²) in [5.41, 5.74) is 0.837. The number of rotatable bonds is 4. The van der Waals surface area contributed by atoms with Crippen LogP contribution in [0.15, 0.2) is 18.5 Å². The molecule has 1 saturated heterocycles. The molecule has 112 valence electrons. The highest BCUT2D eigenvalue weighted by atomic mass is 19.1. The molecule has 21 heavy (non-hydrogen) atoms. The summed E-state index contributed by atoms with van der Waals surface area (Å²) in [6.07, 6.45) is 3.86. The fourth-order valence-corrected chi connectivity index (χ4v) is 2.76. The zero-order valence-electron chi connectivity index (χ0n) is 12.1. The van der Waals surface area contributed by atoms with Gasteiger partial charge in [0, 0.05) is 26.4 Å². The van der Waals surface area contributed by atoms with E-state index in [1.165, 1.54) is 12.3 Å². The van der Waals surface area contributed by atoms with Gasteiger partial charge in [-0.15, -0.1) is 0 Å². The van der Waals surface area contributed by atoms with Crippen molar-refractivity contribution in [3.05, 3.63) is 41.5 Å². The first kappa shape index (κ1) is 14.1. The summed E-state index contributed by atoms with van der Waals surface area (Å²) in [6.45, 7) is 3.24. The first-order valence-corrected chi connectivity index (χ1v) is 6.91. The molecule has 2 aromatic rings. The molecule has 0 spiro atoms. The van der Waals surface area contributed by atoms with Crippen molar-refractivity contribution in [1.29, 1.82) is 0 Å². The molecule has 3 rings (SSSR count). The van der Waals surface area contributed by atoms with E-state index in [0.717, 1.165) is 30.2 Å². The number of aromatic amines is 1. The Kier molecular flexibility index (Phi) is 3.94. The van der Waals surface area contributed by atoms with Crippen molar-refractivity contribution >= 4 is 0 Å². The van der Waals surface area contributed by atoms with Gasteiger partial charge < -0.3 is 4.74 Å². The summed E-state index contributed by atoms with van der Waals surface area (Å²) in [5.74, 6) is 1.23. The van der Waals surface area contributed by atoms with E-state index in [-0.39, 0.29) is 18.0 Å². The van der Waals surface area contributed by atoms with E-state index in [9.17, 15) is 4.39 Å². The Morgan fingerprint density at radius 2 is 2.33 bits per heavy atom. The first-order valence-electron chi connectivity index (χ1n) is 6.91. The Balaban J connectivity index is 1.80. The van der Waals surface area contributed by atoms with Crippen molar-refractivity contribution in [1.82, 2.24) is 25.1 Å². The van der Waals surface area contributed by atoms with Crippen molar-refractivity contribution < 1.29 is 9.13 Å². The zero-order valence-corrected chi connectivity index (χ0v) is 12.1. The van der Waals surface area contributed by atoms with Gasteiger partial charge in [-0.2, -0.15) is 5.10 Å². The second-order valence-electron chi connectivity index (χ2n) is 5.33. The molecule has 2 atom stereocenters. The number of methoxy groups -OCH3 is 1. The van der Waals surface area contributed by atoms with E-state index >= 15 is 0 Å². The minimum Gasteiger partial charge on any atom is -0.380 e. The minimum absolute atomic E-state index is 0.0724. The van der Waals surface area contributed by atoms with Crippen LogP contribution in [0.5, 0.6) is 0 Å².